The minimum Gasteiger partial charge on any atom is -0.496 e. The van der Waals surface area contributed by atoms with E-state index in [2.05, 4.69) is 5.32 Å². The molecule has 1 N–H and O–H groups in total. The van der Waals surface area contributed by atoms with E-state index in [9.17, 15) is 9.59 Å². The van der Waals surface area contributed by atoms with Gasteiger partial charge in [-0.05, 0) is 30.7 Å². The predicted molar refractivity (Wildman–Crippen MR) is 103 cm³/mol. The summed E-state index contributed by atoms with van der Waals surface area (Å²) in [5, 5.41) is 3.55. The van der Waals surface area contributed by atoms with Gasteiger partial charge in [0.25, 0.3) is 5.91 Å². The molecule has 1 heterocycles. The van der Waals surface area contributed by atoms with Crippen LogP contribution in [0.4, 0.5) is 0 Å². The van der Waals surface area contributed by atoms with E-state index in [1.165, 1.54) is 0 Å². The Hall–Kier alpha value is -2.99. The summed E-state index contributed by atoms with van der Waals surface area (Å²) in [6.07, 6.45) is 0. The number of halogens is 1. The minimum atomic E-state index is -0.603. The maximum Gasteiger partial charge on any atom is 0.355 e. The van der Waals surface area contributed by atoms with Gasteiger partial charge in [-0.2, -0.15) is 0 Å². The molecule has 0 aliphatic rings. The van der Waals surface area contributed by atoms with Gasteiger partial charge in [-0.25, -0.2) is 4.79 Å². The molecule has 0 saturated heterocycles. The van der Waals surface area contributed by atoms with E-state index in [0.29, 0.717) is 34.6 Å². The molecule has 1 aromatic heterocycles. The quantitative estimate of drug-likeness (QED) is 0.655. The van der Waals surface area contributed by atoms with Crippen molar-refractivity contribution in [2.75, 3.05) is 13.7 Å². The maximum absolute atomic E-state index is 12.0. The first kappa shape index (κ1) is 18.8. The van der Waals surface area contributed by atoms with Crippen molar-refractivity contribution in [1.82, 2.24) is 5.32 Å². The lowest BCUT2D eigenvalue weighted by molar-refractivity contribution is -0.123. The van der Waals surface area contributed by atoms with Gasteiger partial charge < -0.3 is 19.2 Å². The highest BCUT2D eigenvalue weighted by Crippen LogP contribution is 2.25. The number of aryl methyl sites for hydroxylation is 1. The molecule has 27 heavy (non-hydrogen) atoms. The summed E-state index contributed by atoms with van der Waals surface area (Å²) in [6.45, 7) is 1.90. The molecular formula is C20H18ClNO5. The second-order valence-electron chi connectivity index (χ2n) is 5.86. The van der Waals surface area contributed by atoms with Crippen LogP contribution in [0.1, 0.15) is 11.1 Å². The maximum atomic E-state index is 12.0. The molecule has 0 atom stereocenters. The van der Waals surface area contributed by atoms with Crippen LogP contribution in [0.3, 0.4) is 0 Å². The number of carbonyl (C=O) groups excluding carboxylic acids is 1. The van der Waals surface area contributed by atoms with E-state index < -0.39 is 5.63 Å². The lowest BCUT2D eigenvalue weighted by atomic mass is 10.1. The lowest BCUT2D eigenvalue weighted by Gasteiger charge is -2.11. The fourth-order valence-corrected chi connectivity index (χ4v) is 2.79. The monoisotopic (exact) mass is 387 g/mol. The van der Waals surface area contributed by atoms with E-state index in [1.54, 1.807) is 32.2 Å². The van der Waals surface area contributed by atoms with Gasteiger partial charge in [0.1, 0.15) is 22.1 Å². The van der Waals surface area contributed by atoms with E-state index in [1.807, 2.05) is 24.3 Å². The zero-order valence-electron chi connectivity index (χ0n) is 14.9. The van der Waals surface area contributed by atoms with Crippen molar-refractivity contribution in [3.63, 3.8) is 0 Å². The first-order valence-electron chi connectivity index (χ1n) is 8.24. The van der Waals surface area contributed by atoms with Crippen LogP contribution in [-0.2, 0) is 11.3 Å². The number of benzene rings is 2. The molecule has 0 saturated carbocycles. The summed E-state index contributed by atoms with van der Waals surface area (Å²) in [4.78, 5) is 23.7. The average Bonchev–Trinajstić information content (AvgIpc) is 2.69. The third-order valence-electron chi connectivity index (χ3n) is 4.11. The third kappa shape index (κ3) is 4.23. The molecule has 3 aromatic rings. The van der Waals surface area contributed by atoms with Crippen LogP contribution in [0.25, 0.3) is 11.0 Å². The number of methoxy groups -OCH3 is 1. The molecule has 0 aliphatic heterocycles. The Balaban J connectivity index is 1.63. The van der Waals surface area contributed by atoms with Gasteiger partial charge in [0, 0.05) is 23.6 Å². The Kier molecular flexibility index (Phi) is 5.66. The molecule has 0 aliphatic carbocycles. The number of hydrogen-bond acceptors (Lipinski definition) is 5. The summed E-state index contributed by atoms with van der Waals surface area (Å²) in [5.74, 6) is 0.840. The molecule has 0 spiro atoms. The number of hydrogen-bond donors (Lipinski definition) is 1. The third-order valence-corrected chi connectivity index (χ3v) is 4.54. The number of nitrogens with one attached hydrogen (secondary N) is 1. The Labute approximate surface area is 160 Å². The van der Waals surface area contributed by atoms with Crippen molar-refractivity contribution < 1.29 is 18.7 Å². The van der Waals surface area contributed by atoms with E-state index >= 15 is 0 Å². The van der Waals surface area contributed by atoms with E-state index in [-0.39, 0.29) is 17.5 Å². The van der Waals surface area contributed by atoms with Crippen LogP contribution in [-0.4, -0.2) is 19.6 Å². The molecule has 1 amide bonds. The largest absolute Gasteiger partial charge is 0.496 e. The number of ether oxygens (including phenoxy) is 2. The first-order valence-corrected chi connectivity index (χ1v) is 8.61. The highest BCUT2D eigenvalue weighted by molar-refractivity contribution is 6.31. The molecular weight excluding hydrogens is 370 g/mol. The van der Waals surface area contributed by atoms with Crippen molar-refractivity contribution in [2.24, 2.45) is 0 Å². The molecule has 0 bridgehead atoms. The van der Waals surface area contributed by atoms with Gasteiger partial charge in [-0.1, -0.05) is 29.8 Å². The lowest BCUT2D eigenvalue weighted by Crippen LogP contribution is -2.28. The Morgan fingerprint density at radius 1 is 1.22 bits per heavy atom. The normalized spacial score (nSPS) is 10.6. The van der Waals surface area contributed by atoms with E-state index in [0.717, 1.165) is 5.56 Å². The van der Waals surface area contributed by atoms with Crippen molar-refractivity contribution in [2.45, 2.75) is 13.5 Å². The van der Waals surface area contributed by atoms with Gasteiger partial charge in [0.2, 0.25) is 0 Å². The van der Waals surface area contributed by atoms with E-state index in [4.69, 9.17) is 25.5 Å². The molecule has 0 fully saturated rings. The number of rotatable bonds is 6. The van der Waals surface area contributed by atoms with Gasteiger partial charge in [-0.15, -0.1) is 0 Å². The zero-order valence-corrected chi connectivity index (χ0v) is 15.6. The second kappa shape index (κ2) is 8.14. The van der Waals surface area contributed by atoms with Crippen molar-refractivity contribution in [3.05, 3.63) is 69.0 Å². The average molecular weight is 388 g/mol. The highest BCUT2D eigenvalue weighted by atomic mass is 35.5. The zero-order chi connectivity index (χ0) is 19.4. The Morgan fingerprint density at radius 2 is 2.00 bits per heavy atom. The van der Waals surface area contributed by atoms with Gasteiger partial charge in [0.15, 0.2) is 6.61 Å². The number of amides is 1. The van der Waals surface area contributed by atoms with Gasteiger partial charge in [-0.3, -0.25) is 4.79 Å². The molecule has 6 nitrogen and oxygen atoms in total. The van der Waals surface area contributed by atoms with Crippen molar-refractivity contribution in [3.8, 4) is 11.5 Å². The number of fused-ring (bicyclic) bond motifs is 1. The summed E-state index contributed by atoms with van der Waals surface area (Å²) in [5.41, 5.74) is 1.26. The SMILES string of the molecule is COc1ccccc1CNC(=O)COc1ccc2c(C)c(Cl)c(=O)oc2c1. The van der Waals surface area contributed by atoms with Crippen LogP contribution >= 0.6 is 11.6 Å². The topological polar surface area (TPSA) is 77.8 Å². The fraction of sp³-hybridized carbons (Fsp3) is 0.200. The minimum absolute atomic E-state index is 0.0619. The van der Waals surface area contributed by atoms with Gasteiger partial charge in [0.05, 0.1) is 7.11 Å². The van der Waals surface area contributed by atoms with Crippen LogP contribution in [0.15, 0.2) is 51.7 Å². The Bertz CT molecular complexity index is 1040. The van der Waals surface area contributed by atoms with Crippen LogP contribution in [0, 0.1) is 6.92 Å². The second-order valence-corrected chi connectivity index (χ2v) is 6.24. The highest BCUT2D eigenvalue weighted by Gasteiger charge is 2.11. The molecule has 140 valence electrons. The van der Waals surface area contributed by atoms with Crippen LogP contribution in [0.2, 0.25) is 5.02 Å². The molecule has 0 unspecified atom stereocenters. The summed E-state index contributed by atoms with van der Waals surface area (Å²) in [6, 6.07) is 12.4. The number of carbonyl (C=O) groups is 1. The summed E-state index contributed by atoms with van der Waals surface area (Å²) < 4.78 is 15.9. The van der Waals surface area contributed by atoms with Crippen molar-refractivity contribution in [1.29, 1.82) is 0 Å². The Morgan fingerprint density at radius 3 is 2.78 bits per heavy atom. The summed E-state index contributed by atoms with van der Waals surface area (Å²) in [7, 11) is 1.58. The number of para-hydroxylation sites is 1. The fourth-order valence-electron chi connectivity index (χ4n) is 2.65. The predicted octanol–water partition coefficient (Wildman–Crippen LogP) is 3.46. The van der Waals surface area contributed by atoms with Gasteiger partial charge >= 0.3 is 5.63 Å². The van der Waals surface area contributed by atoms with Crippen LogP contribution < -0.4 is 20.4 Å². The molecule has 2 aromatic carbocycles. The standard InChI is InChI=1S/C20H18ClNO5/c1-12-15-8-7-14(9-17(15)27-20(24)19(12)21)26-11-18(23)22-10-13-5-3-4-6-16(13)25-2/h3-9H,10-11H2,1-2H3,(H,22,23). The van der Waals surface area contributed by atoms with Crippen LogP contribution in [0.5, 0.6) is 11.5 Å². The van der Waals surface area contributed by atoms with Crippen molar-refractivity contribution >= 4 is 28.5 Å². The smallest absolute Gasteiger partial charge is 0.355 e. The molecule has 3 rings (SSSR count). The summed E-state index contributed by atoms with van der Waals surface area (Å²) >= 11 is 5.91. The molecule has 7 heteroatoms. The molecule has 0 radical (unpaired) electrons. The first-order chi connectivity index (χ1) is 13.0.